The molecule has 0 saturated carbocycles. The molecule has 0 bridgehead atoms. The molecule has 0 aliphatic carbocycles. The minimum absolute atomic E-state index is 0.924. The molecule has 3 nitrogen and oxygen atoms in total. The second kappa shape index (κ2) is 8.56. The minimum atomic E-state index is 0.924. The number of hydrogen-bond donors (Lipinski definition) is 1. The highest BCUT2D eigenvalue weighted by atomic mass is 15.3. The molecule has 0 aliphatic rings. The molecule has 18 heavy (non-hydrogen) atoms. The van der Waals surface area contributed by atoms with Gasteiger partial charge in [-0.15, -0.1) is 0 Å². The molecule has 0 radical (unpaired) electrons. The van der Waals surface area contributed by atoms with E-state index >= 15 is 0 Å². The van der Waals surface area contributed by atoms with Crippen molar-refractivity contribution in [1.29, 1.82) is 0 Å². The van der Waals surface area contributed by atoms with Crippen molar-refractivity contribution in [3.05, 3.63) is 35.9 Å². The van der Waals surface area contributed by atoms with Gasteiger partial charge in [0.25, 0.3) is 0 Å². The Morgan fingerprint density at radius 1 is 1.28 bits per heavy atom. The van der Waals surface area contributed by atoms with Gasteiger partial charge in [0, 0.05) is 27.2 Å². The third-order valence-electron chi connectivity index (χ3n) is 2.96. The summed E-state index contributed by atoms with van der Waals surface area (Å²) in [5, 5.41) is 3.40. The highest BCUT2D eigenvalue weighted by Crippen LogP contribution is 1.98. The Morgan fingerprint density at radius 2 is 2.00 bits per heavy atom. The van der Waals surface area contributed by atoms with Crippen molar-refractivity contribution < 1.29 is 0 Å². The van der Waals surface area contributed by atoms with Gasteiger partial charge in [0.2, 0.25) is 0 Å². The number of guanidine groups is 1. The Labute approximate surface area is 111 Å². The molecule has 3 heteroatoms. The first-order valence-electron chi connectivity index (χ1n) is 6.73. The van der Waals surface area contributed by atoms with Gasteiger partial charge in [0.15, 0.2) is 5.96 Å². The fraction of sp³-hybridized carbons (Fsp3) is 0.533. The van der Waals surface area contributed by atoms with Crippen LogP contribution in [0.4, 0.5) is 0 Å². The maximum absolute atomic E-state index is 4.30. The summed E-state index contributed by atoms with van der Waals surface area (Å²) in [6, 6.07) is 10.5. The van der Waals surface area contributed by atoms with Gasteiger partial charge in [-0.25, -0.2) is 0 Å². The van der Waals surface area contributed by atoms with Crippen molar-refractivity contribution in [2.24, 2.45) is 4.99 Å². The van der Waals surface area contributed by atoms with Crippen LogP contribution in [0.1, 0.15) is 25.3 Å². The normalized spacial score (nSPS) is 11.4. The van der Waals surface area contributed by atoms with Crippen molar-refractivity contribution in [1.82, 2.24) is 10.2 Å². The van der Waals surface area contributed by atoms with Gasteiger partial charge in [-0.3, -0.25) is 4.99 Å². The molecule has 1 aromatic carbocycles. The van der Waals surface area contributed by atoms with Crippen molar-refractivity contribution in [3.63, 3.8) is 0 Å². The maximum Gasteiger partial charge on any atom is 0.193 e. The summed E-state index contributed by atoms with van der Waals surface area (Å²) in [5.41, 5.74) is 1.36. The molecule has 0 atom stereocenters. The van der Waals surface area contributed by atoms with E-state index < -0.39 is 0 Å². The topological polar surface area (TPSA) is 27.6 Å². The molecule has 100 valence electrons. The number of rotatable bonds is 6. The van der Waals surface area contributed by atoms with Crippen LogP contribution in [0.2, 0.25) is 0 Å². The van der Waals surface area contributed by atoms with E-state index in [0.29, 0.717) is 0 Å². The average molecular weight is 247 g/mol. The Hall–Kier alpha value is -1.51. The summed E-state index contributed by atoms with van der Waals surface area (Å²) < 4.78 is 0. The molecule has 0 heterocycles. The van der Waals surface area contributed by atoms with Crippen LogP contribution in [0.15, 0.2) is 35.3 Å². The summed E-state index contributed by atoms with van der Waals surface area (Å²) in [4.78, 5) is 6.49. The zero-order chi connectivity index (χ0) is 13.2. The Morgan fingerprint density at radius 3 is 2.61 bits per heavy atom. The van der Waals surface area contributed by atoms with Crippen molar-refractivity contribution in [2.75, 3.05) is 27.2 Å². The SMILES string of the molecule is CCCCN(C)C(=NC)NCCc1ccccc1. The van der Waals surface area contributed by atoms with E-state index in [4.69, 9.17) is 0 Å². The van der Waals surface area contributed by atoms with Crippen LogP contribution < -0.4 is 5.32 Å². The third-order valence-corrected chi connectivity index (χ3v) is 2.96. The molecule has 0 unspecified atom stereocenters. The summed E-state index contributed by atoms with van der Waals surface area (Å²) >= 11 is 0. The number of hydrogen-bond acceptors (Lipinski definition) is 1. The monoisotopic (exact) mass is 247 g/mol. The summed E-state index contributed by atoms with van der Waals surface area (Å²) in [6.45, 7) is 4.19. The van der Waals surface area contributed by atoms with E-state index in [-0.39, 0.29) is 0 Å². The Kier molecular flexibility index (Phi) is 6.92. The smallest absolute Gasteiger partial charge is 0.193 e. The molecule has 0 amide bonds. The lowest BCUT2D eigenvalue weighted by Gasteiger charge is -2.21. The molecule has 1 rings (SSSR count). The number of aliphatic imine (C=N–C) groups is 1. The standard InChI is InChI=1S/C15H25N3/c1-4-5-13-18(3)15(16-2)17-12-11-14-9-7-6-8-10-14/h6-10H,4-5,11-13H2,1-3H3,(H,16,17). The lowest BCUT2D eigenvalue weighted by Crippen LogP contribution is -2.40. The van der Waals surface area contributed by atoms with Gasteiger partial charge in [0.1, 0.15) is 0 Å². The Bertz CT molecular complexity index is 346. The van der Waals surface area contributed by atoms with Crippen LogP contribution in [0.5, 0.6) is 0 Å². The highest BCUT2D eigenvalue weighted by Gasteiger charge is 2.03. The maximum atomic E-state index is 4.30. The van der Waals surface area contributed by atoms with Gasteiger partial charge in [-0.2, -0.15) is 0 Å². The quantitative estimate of drug-likeness (QED) is 0.618. The van der Waals surface area contributed by atoms with Crippen LogP contribution >= 0.6 is 0 Å². The first-order valence-corrected chi connectivity index (χ1v) is 6.73. The lowest BCUT2D eigenvalue weighted by atomic mass is 10.1. The number of nitrogens with one attached hydrogen (secondary N) is 1. The summed E-state index contributed by atoms with van der Waals surface area (Å²) in [5.74, 6) is 0.986. The molecule has 0 aliphatic heterocycles. The molecule has 1 aromatic rings. The van der Waals surface area contributed by atoms with Gasteiger partial charge in [0.05, 0.1) is 0 Å². The summed E-state index contributed by atoms with van der Waals surface area (Å²) in [6.07, 6.45) is 3.45. The van der Waals surface area contributed by atoms with Crippen LogP contribution in [-0.4, -0.2) is 38.0 Å². The predicted molar refractivity (Wildman–Crippen MR) is 79.0 cm³/mol. The summed E-state index contributed by atoms with van der Waals surface area (Å²) in [7, 11) is 3.93. The van der Waals surface area contributed by atoms with Gasteiger partial charge >= 0.3 is 0 Å². The van der Waals surface area contributed by atoms with E-state index in [2.05, 4.69) is 53.4 Å². The number of nitrogens with zero attached hydrogens (tertiary/aromatic N) is 2. The first kappa shape index (κ1) is 14.6. The average Bonchev–Trinajstić information content (AvgIpc) is 2.42. The van der Waals surface area contributed by atoms with E-state index in [1.807, 2.05) is 13.1 Å². The van der Waals surface area contributed by atoms with E-state index in [9.17, 15) is 0 Å². The van der Waals surface area contributed by atoms with Crippen LogP contribution in [-0.2, 0) is 6.42 Å². The van der Waals surface area contributed by atoms with Gasteiger partial charge in [-0.1, -0.05) is 43.7 Å². The molecule has 1 N–H and O–H groups in total. The molecule has 0 aromatic heterocycles. The number of unbranched alkanes of at least 4 members (excludes halogenated alkanes) is 1. The second-order valence-electron chi connectivity index (χ2n) is 4.48. The zero-order valence-electron chi connectivity index (χ0n) is 11.8. The molecular formula is C15H25N3. The molecule has 0 spiro atoms. The first-order chi connectivity index (χ1) is 8.77. The second-order valence-corrected chi connectivity index (χ2v) is 4.48. The van der Waals surface area contributed by atoms with E-state index in [1.165, 1.54) is 18.4 Å². The minimum Gasteiger partial charge on any atom is -0.356 e. The Balaban J connectivity index is 2.32. The van der Waals surface area contributed by atoms with E-state index in [0.717, 1.165) is 25.5 Å². The largest absolute Gasteiger partial charge is 0.356 e. The molecular weight excluding hydrogens is 222 g/mol. The van der Waals surface area contributed by atoms with Crippen LogP contribution in [0.25, 0.3) is 0 Å². The third kappa shape index (κ3) is 5.21. The highest BCUT2D eigenvalue weighted by molar-refractivity contribution is 5.79. The van der Waals surface area contributed by atoms with Gasteiger partial charge < -0.3 is 10.2 Å². The molecule has 0 fully saturated rings. The lowest BCUT2D eigenvalue weighted by molar-refractivity contribution is 0.465. The van der Waals surface area contributed by atoms with Crippen LogP contribution in [0, 0.1) is 0 Å². The fourth-order valence-electron chi connectivity index (χ4n) is 1.85. The molecule has 0 saturated heterocycles. The van der Waals surface area contributed by atoms with Crippen molar-refractivity contribution in [3.8, 4) is 0 Å². The van der Waals surface area contributed by atoms with Gasteiger partial charge in [-0.05, 0) is 18.4 Å². The van der Waals surface area contributed by atoms with Crippen molar-refractivity contribution in [2.45, 2.75) is 26.2 Å². The predicted octanol–water partition coefficient (Wildman–Crippen LogP) is 2.54. The number of benzene rings is 1. The fourth-order valence-corrected chi connectivity index (χ4v) is 1.85. The zero-order valence-corrected chi connectivity index (χ0v) is 11.8. The van der Waals surface area contributed by atoms with Crippen molar-refractivity contribution >= 4 is 5.96 Å². The van der Waals surface area contributed by atoms with Crippen LogP contribution in [0.3, 0.4) is 0 Å². The van der Waals surface area contributed by atoms with E-state index in [1.54, 1.807) is 0 Å².